The van der Waals surface area contributed by atoms with Crippen molar-refractivity contribution in [3.63, 3.8) is 0 Å². The highest BCUT2D eigenvalue weighted by atomic mass is 16.5. The number of ether oxygens (including phenoxy) is 1. The molecule has 2 aromatic rings. The van der Waals surface area contributed by atoms with Gasteiger partial charge in [0.15, 0.2) is 6.10 Å². The van der Waals surface area contributed by atoms with E-state index in [0.29, 0.717) is 12.1 Å². The minimum atomic E-state index is -0.874. The van der Waals surface area contributed by atoms with E-state index >= 15 is 0 Å². The third-order valence-corrected chi connectivity index (χ3v) is 3.06. The van der Waals surface area contributed by atoms with Crippen LogP contribution in [0.15, 0.2) is 54.6 Å². The van der Waals surface area contributed by atoms with Crippen LogP contribution in [0.3, 0.4) is 0 Å². The van der Waals surface area contributed by atoms with Crippen LogP contribution in [0.1, 0.15) is 23.7 Å². The van der Waals surface area contributed by atoms with Crippen molar-refractivity contribution < 1.29 is 19.4 Å². The van der Waals surface area contributed by atoms with Gasteiger partial charge in [-0.15, -0.1) is 0 Å². The molecule has 1 atom stereocenters. The Kier molecular flexibility index (Phi) is 5.14. The molecule has 0 bridgehead atoms. The predicted molar refractivity (Wildman–Crippen MR) is 82.7 cm³/mol. The summed E-state index contributed by atoms with van der Waals surface area (Å²) in [5, 5.41) is 11.9. The molecule has 5 nitrogen and oxygen atoms in total. The first-order valence-corrected chi connectivity index (χ1v) is 6.96. The normalized spacial score (nSPS) is 11.5. The van der Waals surface area contributed by atoms with Gasteiger partial charge in [0.1, 0.15) is 5.75 Å². The fourth-order valence-corrected chi connectivity index (χ4v) is 1.86. The Hall–Kier alpha value is -2.82. The van der Waals surface area contributed by atoms with Crippen molar-refractivity contribution in [2.24, 2.45) is 0 Å². The van der Waals surface area contributed by atoms with E-state index < -0.39 is 12.1 Å². The van der Waals surface area contributed by atoms with E-state index in [1.807, 2.05) is 6.07 Å². The van der Waals surface area contributed by atoms with Gasteiger partial charge < -0.3 is 15.2 Å². The van der Waals surface area contributed by atoms with Gasteiger partial charge in [-0.1, -0.05) is 25.1 Å². The van der Waals surface area contributed by atoms with E-state index in [1.165, 1.54) is 24.3 Å². The lowest BCUT2D eigenvalue weighted by atomic mass is 10.2. The molecule has 0 saturated heterocycles. The van der Waals surface area contributed by atoms with Crippen LogP contribution in [-0.2, 0) is 9.53 Å². The number of aromatic hydroxyl groups is 1. The number of phenols is 1. The molecule has 0 fully saturated rings. The Labute approximate surface area is 128 Å². The Balaban J connectivity index is 2.00. The number of carbonyl (C=O) groups is 2. The summed E-state index contributed by atoms with van der Waals surface area (Å²) in [6.07, 6.45) is -0.510. The van der Waals surface area contributed by atoms with Crippen molar-refractivity contribution in [2.45, 2.75) is 19.4 Å². The van der Waals surface area contributed by atoms with Crippen LogP contribution in [0.5, 0.6) is 5.75 Å². The lowest BCUT2D eigenvalue weighted by Gasteiger charge is -2.16. The van der Waals surface area contributed by atoms with Crippen molar-refractivity contribution in [2.75, 3.05) is 5.32 Å². The summed E-state index contributed by atoms with van der Waals surface area (Å²) in [5.74, 6) is -0.915. The molecule has 22 heavy (non-hydrogen) atoms. The number of para-hydroxylation sites is 1. The molecule has 5 heteroatoms. The molecule has 1 amide bonds. The molecular formula is C17H17NO4. The topological polar surface area (TPSA) is 75.6 Å². The number of rotatable bonds is 5. The molecule has 0 aliphatic rings. The molecule has 0 aliphatic heterocycles. The highest BCUT2D eigenvalue weighted by Crippen LogP contribution is 2.13. The summed E-state index contributed by atoms with van der Waals surface area (Å²) >= 11 is 0. The second-order valence-electron chi connectivity index (χ2n) is 4.70. The summed E-state index contributed by atoms with van der Waals surface area (Å²) in [7, 11) is 0. The molecule has 0 aromatic heterocycles. The summed E-state index contributed by atoms with van der Waals surface area (Å²) in [4.78, 5) is 24.1. The van der Waals surface area contributed by atoms with Crippen molar-refractivity contribution >= 4 is 17.6 Å². The van der Waals surface area contributed by atoms with Gasteiger partial charge in [0.2, 0.25) is 0 Å². The van der Waals surface area contributed by atoms with E-state index in [4.69, 9.17) is 4.74 Å². The summed E-state index contributed by atoms with van der Waals surface area (Å²) in [5.41, 5.74) is 0.926. The summed E-state index contributed by atoms with van der Waals surface area (Å²) in [6.45, 7) is 1.76. The zero-order chi connectivity index (χ0) is 15.9. The van der Waals surface area contributed by atoms with Crippen LogP contribution in [-0.4, -0.2) is 23.1 Å². The first-order valence-electron chi connectivity index (χ1n) is 6.96. The predicted octanol–water partition coefficient (Wildman–Crippen LogP) is 2.97. The SMILES string of the molecule is CCC(OC(=O)c1ccc(O)cc1)C(=O)Nc1ccccc1. The third kappa shape index (κ3) is 4.09. The van der Waals surface area contributed by atoms with E-state index in [2.05, 4.69) is 5.32 Å². The zero-order valence-electron chi connectivity index (χ0n) is 12.2. The molecule has 2 rings (SSSR count). The summed E-state index contributed by atoms with van der Waals surface area (Å²) < 4.78 is 5.23. The first kappa shape index (κ1) is 15.6. The largest absolute Gasteiger partial charge is 0.508 e. The summed E-state index contributed by atoms with van der Waals surface area (Å²) in [6, 6.07) is 14.6. The highest BCUT2D eigenvalue weighted by molar-refractivity contribution is 5.97. The van der Waals surface area contributed by atoms with Gasteiger partial charge in [0.05, 0.1) is 5.56 Å². The van der Waals surface area contributed by atoms with Gasteiger partial charge in [0.25, 0.3) is 5.91 Å². The van der Waals surface area contributed by atoms with Gasteiger partial charge in [0, 0.05) is 5.69 Å². The van der Waals surface area contributed by atoms with Crippen molar-refractivity contribution in [1.29, 1.82) is 0 Å². The minimum absolute atomic E-state index is 0.0606. The minimum Gasteiger partial charge on any atom is -0.508 e. The number of esters is 1. The highest BCUT2D eigenvalue weighted by Gasteiger charge is 2.22. The second kappa shape index (κ2) is 7.26. The average Bonchev–Trinajstić information content (AvgIpc) is 2.53. The van der Waals surface area contributed by atoms with Gasteiger partial charge in [-0.05, 0) is 42.8 Å². The molecule has 2 N–H and O–H groups in total. The molecule has 114 valence electrons. The Morgan fingerprint density at radius 1 is 1.09 bits per heavy atom. The van der Waals surface area contributed by atoms with Crippen molar-refractivity contribution in [1.82, 2.24) is 0 Å². The van der Waals surface area contributed by atoms with E-state index in [9.17, 15) is 14.7 Å². The molecule has 0 aliphatic carbocycles. The number of anilines is 1. The Morgan fingerprint density at radius 3 is 2.32 bits per heavy atom. The molecule has 0 heterocycles. The van der Waals surface area contributed by atoms with Crippen molar-refractivity contribution in [3.8, 4) is 5.75 Å². The number of hydrogen-bond donors (Lipinski definition) is 2. The molecule has 1 unspecified atom stereocenters. The number of benzene rings is 2. The van der Waals surface area contributed by atoms with Gasteiger partial charge in [-0.25, -0.2) is 4.79 Å². The maximum absolute atomic E-state index is 12.1. The van der Waals surface area contributed by atoms with Gasteiger partial charge in [-0.3, -0.25) is 4.79 Å². The Morgan fingerprint density at radius 2 is 1.73 bits per heavy atom. The third-order valence-electron chi connectivity index (χ3n) is 3.06. The molecule has 0 saturated carbocycles. The van der Waals surface area contributed by atoms with E-state index in [-0.39, 0.29) is 17.2 Å². The number of amides is 1. The van der Waals surface area contributed by atoms with Crippen LogP contribution in [0, 0.1) is 0 Å². The number of nitrogens with one attached hydrogen (secondary N) is 1. The monoisotopic (exact) mass is 299 g/mol. The lowest BCUT2D eigenvalue weighted by Crippen LogP contribution is -2.32. The van der Waals surface area contributed by atoms with Crippen LogP contribution >= 0.6 is 0 Å². The smallest absolute Gasteiger partial charge is 0.338 e. The number of carbonyl (C=O) groups excluding carboxylic acids is 2. The maximum atomic E-state index is 12.1. The van der Waals surface area contributed by atoms with Crippen LogP contribution in [0.2, 0.25) is 0 Å². The van der Waals surface area contributed by atoms with Crippen LogP contribution in [0.25, 0.3) is 0 Å². The average molecular weight is 299 g/mol. The van der Waals surface area contributed by atoms with Gasteiger partial charge >= 0.3 is 5.97 Å². The first-order chi connectivity index (χ1) is 10.6. The fraction of sp³-hybridized carbons (Fsp3) is 0.176. The van der Waals surface area contributed by atoms with Crippen LogP contribution in [0.4, 0.5) is 5.69 Å². The molecular weight excluding hydrogens is 282 g/mol. The van der Waals surface area contributed by atoms with Crippen molar-refractivity contribution in [3.05, 3.63) is 60.2 Å². The lowest BCUT2D eigenvalue weighted by molar-refractivity contribution is -0.124. The zero-order valence-corrected chi connectivity index (χ0v) is 12.2. The Bertz CT molecular complexity index is 637. The molecule has 0 spiro atoms. The molecule has 2 aromatic carbocycles. The standard InChI is InChI=1S/C17H17NO4/c1-2-15(16(20)18-13-6-4-3-5-7-13)22-17(21)12-8-10-14(19)11-9-12/h3-11,15,19H,2H2,1H3,(H,18,20). The molecule has 0 radical (unpaired) electrons. The number of hydrogen-bond acceptors (Lipinski definition) is 4. The quantitative estimate of drug-likeness (QED) is 0.832. The number of phenolic OH excluding ortho intramolecular Hbond substituents is 1. The van der Waals surface area contributed by atoms with E-state index in [0.717, 1.165) is 0 Å². The van der Waals surface area contributed by atoms with Gasteiger partial charge in [-0.2, -0.15) is 0 Å². The maximum Gasteiger partial charge on any atom is 0.338 e. The fourth-order valence-electron chi connectivity index (χ4n) is 1.86. The second-order valence-corrected chi connectivity index (χ2v) is 4.70. The van der Waals surface area contributed by atoms with Crippen LogP contribution < -0.4 is 5.32 Å². The van der Waals surface area contributed by atoms with E-state index in [1.54, 1.807) is 31.2 Å².